The number of ether oxygens (including phenoxy) is 2. The van der Waals surface area contributed by atoms with Crippen LogP contribution in [0.5, 0.6) is 11.5 Å². The molecule has 0 fully saturated rings. The van der Waals surface area contributed by atoms with E-state index in [1.807, 2.05) is 19.0 Å². The molecule has 1 N–H and O–H groups in total. The summed E-state index contributed by atoms with van der Waals surface area (Å²) in [6.45, 7) is 2.34. The predicted octanol–water partition coefficient (Wildman–Crippen LogP) is 0.749. The van der Waals surface area contributed by atoms with Gasteiger partial charge >= 0.3 is 0 Å². The third-order valence-corrected chi connectivity index (χ3v) is 2.85. The molecule has 0 radical (unpaired) electrons. The molecule has 0 atom stereocenters. The summed E-state index contributed by atoms with van der Waals surface area (Å²) in [7, 11) is 3.83. The molecule has 1 aliphatic rings. The van der Waals surface area contributed by atoms with E-state index in [-0.39, 0.29) is 12.6 Å². The first-order valence-electron chi connectivity index (χ1n) is 5.96. The number of nitrogens with zero attached hydrogens (tertiary/aromatic N) is 1. The summed E-state index contributed by atoms with van der Waals surface area (Å²) in [6.07, 6.45) is 0. The van der Waals surface area contributed by atoms with Gasteiger partial charge in [0, 0.05) is 18.7 Å². The summed E-state index contributed by atoms with van der Waals surface area (Å²) in [6, 6.07) is 5.31. The topological polar surface area (TPSA) is 50.8 Å². The second kappa shape index (κ2) is 5.84. The molecule has 5 heteroatoms. The van der Waals surface area contributed by atoms with Gasteiger partial charge in [0.2, 0.25) is 6.79 Å². The fourth-order valence-electron chi connectivity index (χ4n) is 1.79. The summed E-state index contributed by atoms with van der Waals surface area (Å²) in [5.41, 5.74) is 0.663. The fraction of sp³-hybridized carbons (Fsp3) is 0.462. The third-order valence-electron chi connectivity index (χ3n) is 2.85. The number of likely N-dealkylation sites (N-methyl/N-ethyl adjacent to an activating group) is 2. The van der Waals surface area contributed by atoms with Crippen LogP contribution < -0.4 is 14.8 Å². The Morgan fingerprint density at radius 3 is 2.94 bits per heavy atom. The molecule has 5 nitrogen and oxygen atoms in total. The van der Waals surface area contributed by atoms with Crippen molar-refractivity contribution >= 4 is 5.78 Å². The largest absolute Gasteiger partial charge is 0.454 e. The van der Waals surface area contributed by atoms with E-state index in [0.717, 1.165) is 13.1 Å². The first-order chi connectivity index (χ1) is 8.70. The first-order valence-corrected chi connectivity index (χ1v) is 5.96. The fourth-order valence-corrected chi connectivity index (χ4v) is 1.79. The molecule has 1 aliphatic heterocycles. The smallest absolute Gasteiger partial charge is 0.231 e. The highest BCUT2D eigenvalue weighted by Crippen LogP contribution is 2.32. The molecule has 0 saturated heterocycles. The maximum Gasteiger partial charge on any atom is 0.231 e. The number of benzene rings is 1. The molecule has 2 rings (SSSR count). The zero-order chi connectivity index (χ0) is 13.0. The van der Waals surface area contributed by atoms with Gasteiger partial charge in [-0.1, -0.05) is 0 Å². The van der Waals surface area contributed by atoms with Gasteiger partial charge in [-0.2, -0.15) is 0 Å². The minimum atomic E-state index is 0.0897. The van der Waals surface area contributed by atoms with Crippen molar-refractivity contribution in [3.63, 3.8) is 0 Å². The lowest BCUT2D eigenvalue weighted by molar-refractivity contribution is 0.0946. The lowest BCUT2D eigenvalue weighted by Crippen LogP contribution is -2.31. The summed E-state index contributed by atoms with van der Waals surface area (Å²) < 4.78 is 10.5. The van der Waals surface area contributed by atoms with Gasteiger partial charge in [0.15, 0.2) is 17.3 Å². The van der Waals surface area contributed by atoms with Crippen molar-refractivity contribution < 1.29 is 14.3 Å². The highest BCUT2D eigenvalue weighted by molar-refractivity contribution is 5.98. The Balaban J connectivity index is 1.96. The minimum absolute atomic E-state index is 0.0897. The van der Waals surface area contributed by atoms with Crippen LogP contribution in [0.1, 0.15) is 10.4 Å². The van der Waals surface area contributed by atoms with Gasteiger partial charge < -0.3 is 14.8 Å². The van der Waals surface area contributed by atoms with Gasteiger partial charge in [-0.05, 0) is 32.3 Å². The van der Waals surface area contributed by atoms with Crippen molar-refractivity contribution in [3.05, 3.63) is 23.8 Å². The van der Waals surface area contributed by atoms with Gasteiger partial charge in [-0.3, -0.25) is 9.69 Å². The van der Waals surface area contributed by atoms with Crippen molar-refractivity contribution in [1.82, 2.24) is 10.2 Å². The van der Waals surface area contributed by atoms with E-state index in [9.17, 15) is 4.79 Å². The number of fused-ring (bicyclic) bond motifs is 1. The quantitative estimate of drug-likeness (QED) is 0.755. The molecule has 1 aromatic rings. The Bertz CT molecular complexity index is 434. The highest BCUT2D eigenvalue weighted by Gasteiger charge is 2.16. The second-order valence-corrected chi connectivity index (χ2v) is 4.33. The van der Waals surface area contributed by atoms with E-state index in [2.05, 4.69) is 5.32 Å². The van der Waals surface area contributed by atoms with Crippen LogP contribution in [0.2, 0.25) is 0 Å². The molecule has 18 heavy (non-hydrogen) atoms. The van der Waals surface area contributed by atoms with Crippen molar-refractivity contribution in [1.29, 1.82) is 0 Å². The summed E-state index contributed by atoms with van der Waals surface area (Å²) >= 11 is 0. The molecule has 0 spiro atoms. The van der Waals surface area contributed by atoms with E-state index in [4.69, 9.17) is 9.47 Å². The van der Waals surface area contributed by atoms with Crippen LogP contribution in [0.3, 0.4) is 0 Å². The van der Waals surface area contributed by atoms with Crippen LogP contribution in [-0.4, -0.2) is 51.2 Å². The van der Waals surface area contributed by atoms with Gasteiger partial charge in [0.25, 0.3) is 0 Å². The zero-order valence-corrected chi connectivity index (χ0v) is 10.7. The lowest BCUT2D eigenvalue weighted by Gasteiger charge is -2.15. The average Bonchev–Trinajstić information content (AvgIpc) is 2.83. The SMILES string of the molecule is CNCCN(C)CC(=O)c1ccc2c(c1)OCO2. The van der Waals surface area contributed by atoms with Crippen LogP contribution in [0, 0.1) is 0 Å². The maximum atomic E-state index is 12.1. The van der Waals surface area contributed by atoms with Gasteiger partial charge in [0.05, 0.1) is 6.54 Å². The Kier molecular flexibility index (Phi) is 4.17. The molecular weight excluding hydrogens is 232 g/mol. The monoisotopic (exact) mass is 250 g/mol. The van der Waals surface area contributed by atoms with E-state index >= 15 is 0 Å². The highest BCUT2D eigenvalue weighted by atomic mass is 16.7. The first kappa shape index (κ1) is 12.9. The number of hydrogen-bond acceptors (Lipinski definition) is 5. The van der Waals surface area contributed by atoms with Crippen LogP contribution in [-0.2, 0) is 0 Å². The number of Topliss-reactive ketones (excluding diaryl/α,β-unsaturated/α-hetero) is 1. The Labute approximate surface area is 107 Å². The van der Waals surface area contributed by atoms with Gasteiger partial charge in [0.1, 0.15) is 0 Å². The Morgan fingerprint density at radius 1 is 1.39 bits per heavy atom. The van der Waals surface area contributed by atoms with E-state index < -0.39 is 0 Å². The maximum absolute atomic E-state index is 12.1. The van der Waals surface area contributed by atoms with Crippen LogP contribution in [0.15, 0.2) is 18.2 Å². The van der Waals surface area contributed by atoms with Crippen molar-refractivity contribution in [2.45, 2.75) is 0 Å². The second-order valence-electron chi connectivity index (χ2n) is 4.33. The molecule has 0 unspecified atom stereocenters. The standard InChI is InChI=1S/C13H18N2O3/c1-14-5-6-15(2)8-11(16)10-3-4-12-13(7-10)18-9-17-12/h3-4,7,14H,5-6,8-9H2,1-2H3. The molecule has 0 aromatic heterocycles. The lowest BCUT2D eigenvalue weighted by atomic mass is 10.1. The van der Waals surface area contributed by atoms with Gasteiger partial charge in [-0.15, -0.1) is 0 Å². The number of hydrogen-bond donors (Lipinski definition) is 1. The molecule has 1 heterocycles. The Hall–Kier alpha value is -1.59. The third kappa shape index (κ3) is 3.00. The van der Waals surface area contributed by atoms with E-state index in [0.29, 0.717) is 23.6 Å². The number of carbonyl (C=O) groups excluding carboxylic acids is 1. The van der Waals surface area contributed by atoms with Crippen LogP contribution in [0.4, 0.5) is 0 Å². The number of ketones is 1. The molecule has 0 aliphatic carbocycles. The van der Waals surface area contributed by atoms with Gasteiger partial charge in [-0.25, -0.2) is 0 Å². The zero-order valence-electron chi connectivity index (χ0n) is 10.7. The Morgan fingerprint density at radius 2 is 2.17 bits per heavy atom. The molecule has 1 aromatic carbocycles. The van der Waals surface area contributed by atoms with E-state index in [1.54, 1.807) is 18.2 Å². The van der Waals surface area contributed by atoms with Crippen molar-refractivity contribution in [3.8, 4) is 11.5 Å². The number of nitrogens with one attached hydrogen (secondary N) is 1. The average molecular weight is 250 g/mol. The van der Waals surface area contributed by atoms with E-state index in [1.165, 1.54) is 0 Å². The van der Waals surface area contributed by atoms with Crippen LogP contribution >= 0.6 is 0 Å². The van der Waals surface area contributed by atoms with Crippen molar-refractivity contribution in [2.75, 3.05) is 40.5 Å². The number of rotatable bonds is 6. The molecule has 0 saturated carbocycles. The summed E-state index contributed by atoms with van der Waals surface area (Å²) in [4.78, 5) is 14.0. The molecule has 98 valence electrons. The summed E-state index contributed by atoms with van der Waals surface area (Å²) in [5.74, 6) is 1.45. The molecular formula is C13H18N2O3. The summed E-state index contributed by atoms with van der Waals surface area (Å²) in [5, 5.41) is 3.06. The molecule has 0 amide bonds. The predicted molar refractivity (Wildman–Crippen MR) is 68.3 cm³/mol. The van der Waals surface area contributed by atoms with Crippen LogP contribution in [0.25, 0.3) is 0 Å². The number of carbonyl (C=O) groups is 1. The van der Waals surface area contributed by atoms with Crippen molar-refractivity contribution in [2.24, 2.45) is 0 Å². The minimum Gasteiger partial charge on any atom is -0.454 e. The normalized spacial score (nSPS) is 13.1. The molecule has 0 bridgehead atoms.